The first-order valence-electron chi connectivity index (χ1n) is 8.59. The minimum atomic E-state index is -1.06. The summed E-state index contributed by atoms with van der Waals surface area (Å²) in [6.45, 7) is 2.05. The van der Waals surface area contributed by atoms with Gasteiger partial charge >= 0.3 is 5.97 Å². The minimum Gasteiger partial charge on any atom is -0.478 e. The fraction of sp³-hybridized carbons (Fsp3) is 0.190. The van der Waals surface area contributed by atoms with Gasteiger partial charge in [0.1, 0.15) is 5.65 Å². The maximum atomic E-state index is 12.9. The molecule has 0 fully saturated rings. The molecule has 2 aromatic heterocycles. The number of carbonyl (C=O) groups is 1. The Bertz CT molecular complexity index is 1130. The van der Waals surface area contributed by atoms with Crippen LogP contribution in [0.1, 0.15) is 45.6 Å². The second-order valence-corrected chi connectivity index (χ2v) is 6.63. The number of benzene rings is 1. The second-order valence-electron chi connectivity index (χ2n) is 6.63. The molecule has 5 heteroatoms. The first-order chi connectivity index (χ1) is 12.5. The molecule has 3 aromatic rings. The number of rotatable bonds is 2. The van der Waals surface area contributed by atoms with Gasteiger partial charge in [-0.2, -0.15) is 0 Å². The predicted octanol–water partition coefficient (Wildman–Crippen LogP) is 3.58. The quantitative estimate of drug-likeness (QED) is 0.770. The molecule has 0 aliphatic heterocycles. The van der Waals surface area contributed by atoms with Crippen LogP contribution in [-0.2, 0) is 6.42 Å². The van der Waals surface area contributed by atoms with Crippen LogP contribution in [0, 0.1) is 6.92 Å². The van der Waals surface area contributed by atoms with Crippen molar-refractivity contribution >= 4 is 23.3 Å². The summed E-state index contributed by atoms with van der Waals surface area (Å²) in [7, 11) is 0. The third kappa shape index (κ3) is 2.81. The van der Waals surface area contributed by atoms with E-state index in [9.17, 15) is 9.59 Å². The molecule has 1 N–H and O–H groups in total. The third-order valence-electron chi connectivity index (χ3n) is 4.72. The first-order valence-corrected chi connectivity index (χ1v) is 8.59. The van der Waals surface area contributed by atoms with E-state index in [1.807, 2.05) is 12.1 Å². The molecule has 4 rings (SSSR count). The Morgan fingerprint density at radius 3 is 2.85 bits per heavy atom. The van der Waals surface area contributed by atoms with Crippen LogP contribution in [0.25, 0.3) is 17.3 Å². The van der Waals surface area contributed by atoms with E-state index < -0.39 is 5.97 Å². The lowest BCUT2D eigenvalue weighted by atomic mass is 9.90. The van der Waals surface area contributed by atoms with Gasteiger partial charge in [0.05, 0.1) is 11.3 Å². The Kier molecular flexibility index (Phi) is 3.92. The largest absolute Gasteiger partial charge is 0.478 e. The fourth-order valence-electron chi connectivity index (χ4n) is 3.47. The summed E-state index contributed by atoms with van der Waals surface area (Å²) in [5.41, 5.74) is 5.10. The Hall–Kier alpha value is -3.21. The number of carboxylic acid groups (broad SMARTS) is 1. The molecule has 26 heavy (non-hydrogen) atoms. The van der Waals surface area contributed by atoms with Crippen molar-refractivity contribution in [1.82, 2.24) is 9.38 Å². The molecular formula is C21H18N2O3. The highest BCUT2D eigenvalue weighted by Crippen LogP contribution is 2.29. The van der Waals surface area contributed by atoms with Crippen LogP contribution >= 0.6 is 0 Å². The molecule has 0 unspecified atom stereocenters. The standard InChI is InChI=1S/C21H18N2O3/c1-13-4-2-5-14(10-13)11-15-6-3-7-17-19(15)22-18-9-8-16(21(25)26)12-23(18)20(17)24/h2,4-5,8-12H,3,6-7H2,1H3,(H,25,26). The normalized spacial score (nSPS) is 15.2. The molecule has 2 heterocycles. The van der Waals surface area contributed by atoms with Crippen molar-refractivity contribution in [2.24, 2.45) is 0 Å². The highest BCUT2D eigenvalue weighted by molar-refractivity contribution is 5.88. The Balaban J connectivity index is 1.91. The summed E-state index contributed by atoms with van der Waals surface area (Å²) in [4.78, 5) is 28.8. The SMILES string of the molecule is Cc1cccc(C=C2CCCc3c2nc2ccc(C(=O)O)cn2c3=O)c1. The van der Waals surface area contributed by atoms with E-state index in [2.05, 4.69) is 30.1 Å². The van der Waals surface area contributed by atoms with Crippen LogP contribution in [0.15, 0.2) is 47.4 Å². The summed E-state index contributed by atoms with van der Waals surface area (Å²) < 4.78 is 1.35. The van der Waals surface area contributed by atoms with Crippen molar-refractivity contribution in [2.45, 2.75) is 26.2 Å². The van der Waals surface area contributed by atoms with Gasteiger partial charge < -0.3 is 5.11 Å². The molecular weight excluding hydrogens is 328 g/mol. The van der Waals surface area contributed by atoms with Gasteiger partial charge in [-0.3, -0.25) is 9.20 Å². The van der Waals surface area contributed by atoms with Gasteiger partial charge in [-0.1, -0.05) is 29.8 Å². The first kappa shape index (κ1) is 16.3. The number of hydrogen-bond acceptors (Lipinski definition) is 3. The smallest absolute Gasteiger partial charge is 0.337 e. The van der Waals surface area contributed by atoms with Crippen LogP contribution in [0.5, 0.6) is 0 Å². The molecule has 1 aliphatic rings. The molecule has 0 saturated carbocycles. The maximum absolute atomic E-state index is 12.9. The maximum Gasteiger partial charge on any atom is 0.337 e. The lowest BCUT2D eigenvalue weighted by molar-refractivity contribution is 0.0696. The molecule has 0 radical (unpaired) electrons. The molecule has 0 bridgehead atoms. The van der Waals surface area contributed by atoms with E-state index in [4.69, 9.17) is 5.11 Å². The number of aromatic carboxylic acids is 1. The number of aromatic nitrogens is 2. The van der Waals surface area contributed by atoms with Gasteiger partial charge in [0.25, 0.3) is 5.56 Å². The van der Waals surface area contributed by atoms with Gasteiger partial charge in [0.15, 0.2) is 0 Å². The zero-order valence-electron chi connectivity index (χ0n) is 14.4. The summed E-state index contributed by atoms with van der Waals surface area (Å²) in [6, 6.07) is 11.3. The van der Waals surface area contributed by atoms with Crippen molar-refractivity contribution in [3.63, 3.8) is 0 Å². The van der Waals surface area contributed by atoms with Crippen molar-refractivity contribution in [2.75, 3.05) is 0 Å². The van der Waals surface area contributed by atoms with E-state index >= 15 is 0 Å². The Morgan fingerprint density at radius 2 is 2.08 bits per heavy atom. The van der Waals surface area contributed by atoms with E-state index in [1.165, 1.54) is 22.2 Å². The van der Waals surface area contributed by atoms with Crippen molar-refractivity contribution < 1.29 is 9.90 Å². The molecule has 0 spiro atoms. The molecule has 0 atom stereocenters. The highest BCUT2D eigenvalue weighted by Gasteiger charge is 2.21. The molecule has 0 saturated heterocycles. The number of hydrogen-bond donors (Lipinski definition) is 1. The number of nitrogens with zero attached hydrogens (tertiary/aromatic N) is 2. The zero-order chi connectivity index (χ0) is 18.3. The van der Waals surface area contributed by atoms with Gasteiger partial charge in [-0.05, 0) is 55.5 Å². The molecule has 1 aromatic carbocycles. The molecule has 0 amide bonds. The molecule has 130 valence electrons. The van der Waals surface area contributed by atoms with Crippen molar-refractivity contribution in [1.29, 1.82) is 0 Å². The van der Waals surface area contributed by atoms with Gasteiger partial charge in [-0.25, -0.2) is 9.78 Å². The van der Waals surface area contributed by atoms with E-state index in [0.29, 0.717) is 17.6 Å². The van der Waals surface area contributed by atoms with Crippen molar-refractivity contribution in [3.05, 3.63) is 80.9 Å². The number of aryl methyl sites for hydroxylation is 1. The summed E-state index contributed by atoms with van der Waals surface area (Å²) in [6.07, 6.45) is 5.86. The number of fused-ring (bicyclic) bond motifs is 2. The molecule has 1 aliphatic carbocycles. The number of pyridine rings is 1. The fourth-order valence-corrected chi connectivity index (χ4v) is 3.47. The van der Waals surface area contributed by atoms with Crippen LogP contribution in [0.2, 0.25) is 0 Å². The van der Waals surface area contributed by atoms with Gasteiger partial charge in [0, 0.05) is 11.8 Å². The van der Waals surface area contributed by atoms with E-state index in [0.717, 1.165) is 29.7 Å². The van der Waals surface area contributed by atoms with E-state index in [-0.39, 0.29) is 11.1 Å². The Morgan fingerprint density at radius 1 is 1.23 bits per heavy atom. The number of allylic oxidation sites excluding steroid dienone is 1. The average Bonchev–Trinajstić information content (AvgIpc) is 2.62. The number of carboxylic acids is 1. The van der Waals surface area contributed by atoms with Crippen LogP contribution < -0.4 is 5.56 Å². The summed E-state index contributed by atoms with van der Waals surface area (Å²) in [5, 5.41) is 9.16. The van der Waals surface area contributed by atoms with Crippen LogP contribution in [-0.4, -0.2) is 20.5 Å². The van der Waals surface area contributed by atoms with Crippen LogP contribution in [0.4, 0.5) is 0 Å². The average molecular weight is 346 g/mol. The summed E-state index contributed by atoms with van der Waals surface area (Å²) in [5.74, 6) is -1.06. The lowest BCUT2D eigenvalue weighted by Crippen LogP contribution is -2.25. The van der Waals surface area contributed by atoms with Gasteiger partial charge in [0.2, 0.25) is 0 Å². The van der Waals surface area contributed by atoms with Crippen molar-refractivity contribution in [3.8, 4) is 0 Å². The highest BCUT2D eigenvalue weighted by atomic mass is 16.4. The third-order valence-corrected chi connectivity index (χ3v) is 4.72. The van der Waals surface area contributed by atoms with Crippen LogP contribution in [0.3, 0.4) is 0 Å². The second kappa shape index (κ2) is 6.26. The molecule has 5 nitrogen and oxygen atoms in total. The Labute approximate surface area is 150 Å². The topological polar surface area (TPSA) is 71.7 Å². The van der Waals surface area contributed by atoms with E-state index in [1.54, 1.807) is 6.07 Å². The lowest BCUT2D eigenvalue weighted by Gasteiger charge is -2.18. The minimum absolute atomic E-state index is 0.0766. The zero-order valence-corrected chi connectivity index (χ0v) is 14.4. The summed E-state index contributed by atoms with van der Waals surface area (Å²) >= 11 is 0. The van der Waals surface area contributed by atoms with Gasteiger partial charge in [-0.15, -0.1) is 0 Å². The monoisotopic (exact) mass is 346 g/mol. The predicted molar refractivity (Wildman–Crippen MR) is 100 cm³/mol.